The van der Waals surface area contributed by atoms with Crippen LogP contribution >= 0.6 is 0 Å². The second kappa shape index (κ2) is 4.72. The number of fused-ring (bicyclic) bond motifs is 1. The molecule has 2 aromatic rings. The van der Waals surface area contributed by atoms with E-state index < -0.39 is 0 Å². The number of hydrogen-bond donors (Lipinski definition) is 1. The second-order valence-corrected chi connectivity index (χ2v) is 4.16. The summed E-state index contributed by atoms with van der Waals surface area (Å²) >= 11 is 0. The highest BCUT2D eigenvalue weighted by molar-refractivity contribution is 5.87. The fourth-order valence-electron chi connectivity index (χ4n) is 2.14. The van der Waals surface area contributed by atoms with Gasteiger partial charge >= 0.3 is 0 Å². The number of methoxy groups -OCH3 is 2. The molecule has 0 unspecified atom stereocenters. The minimum atomic E-state index is 0.0140. The van der Waals surface area contributed by atoms with Crippen molar-refractivity contribution < 1.29 is 9.47 Å². The highest BCUT2D eigenvalue weighted by atomic mass is 16.5. The van der Waals surface area contributed by atoms with Gasteiger partial charge in [0, 0.05) is 23.4 Å². The van der Waals surface area contributed by atoms with Crippen LogP contribution in [0.4, 0.5) is 0 Å². The van der Waals surface area contributed by atoms with Crippen LogP contribution in [-0.4, -0.2) is 19.2 Å². The molecule has 0 aliphatic rings. The van der Waals surface area contributed by atoms with Gasteiger partial charge in [0.25, 0.3) is 0 Å². The number of benzene rings is 1. The Balaban J connectivity index is 2.91. The van der Waals surface area contributed by atoms with Gasteiger partial charge in [-0.1, -0.05) is 6.92 Å². The average molecular weight is 247 g/mol. The van der Waals surface area contributed by atoms with Crippen molar-refractivity contribution in [1.82, 2.24) is 4.98 Å². The standard InChI is InChI=1S/C14H17NO3/c1-5-10-8(2)14(16)13-11(15-10)6-9(17-3)7-12(13)18-4/h6-7H,5H2,1-4H3,(H,15,16). The average Bonchev–Trinajstić information content (AvgIpc) is 2.41. The lowest BCUT2D eigenvalue weighted by Gasteiger charge is -2.11. The number of ether oxygens (including phenoxy) is 2. The molecule has 18 heavy (non-hydrogen) atoms. The van der Waals surface area contributed by atoms with E-state index in [0.717, 1.165) is 23.2 Å². The molecule has 0 saturated heterocycles. The summed E-state index contributed by atoms with van der Waals surface area (Å²) in [7, 11) is 3.14. The number of pyridine rings is 1. The minimum absolute atomic E-state index is 0.0140. The van der Waals surface area contributed by atoms with Gasteiger partial charge in [-0.25, -0.2) is 0 Å². The van der Waals surface area contributed by atoms with E-state index in [0.29, 0.717) is 16.9 Å². The molecule has 0 atom stereocenters. The van der Waals surface area contributed by atoms with Gasteiger partial charge in [-0.3, -0.25) is 4.79 Å². The van der Waals surface area contributed by atoms with Gasteiger partial charge in [-0.15, -0.1) is 0 Å². The first-order valence-electron chi connectivity index (χ1n) is 5.89. The van der Waals surface area contributed by atoms with E-state index in [1.807, 2.05) is 19.9 Å². The highest BCUT2D eigenvalue weighted by Gasteiger charge is 2.13. The summed E-state index contributed by atoms with van der Waals surface area (Å²) in [5, 5.41) is 0.577. The molecule has 0 saturated carbocycles. The van der Waals surface area contributed by atoms with E-state index in [4.69, 9.17) is 9.47 Å². The number of hydrogen-bond acceptors (Lipinski definition) is 3. The Hall–Kier alpha value is -1.97. The Kier molecular flexibility index (Phi) is 3.28. The molecule has 4 nitrogen and oxygen atoms in total. The molecule has 0 aliphatic heterocycles. The predicted molar refractivity (Wildman–Crippen MR) is 71.8 cm³/mol. The van der Waals surface area contributed by atoms with E-state index in [1.54, 1.807) is 20.3 Å². The minimum Gasteiger partial charge on any atom is -0.497 e. The predicted octanol–water partition coefficient (Wildman–Crippen LogP) is 2.42. The van der Waals surface area contributed by atoms with Crippen LogP contribution in [0.15, 0.2) is 16.9 Å². The zero-order chi connectivity index (χ0) is 13.3. The molecule has 2 rings (SSSR count). The van der Waals surface area contributed by atoms with Gasteiger partial charge in [0.15, 0.2) is 5.43 Å². The van der Waals surface area contributed by atoms with Crippen LogP contribution in [0.25, 0.3) is 10.9 Å². The van der Waals surface area contributed by atoms with Crippen molar-refractivity contribution in [2.24, 2.45) is 0 Å². The summed E-state index contributed by atoms with van der Waals surface area (Å²) in [5.41, 5.74) is 2.45. The zero-order valence-corrected chi connectivity index (χ0v) is 11.1. The van der Waals surface area contributed by atoms with Crippen LogP contribution in [-0.2, 0) is 6.42 Å². The summed E-state index contributed by atoms with van der Waals surface area (Å²) in [5.74, 6) is 1.21. The summed E-state index contributed by atoms with van der Waals surface area (Å²) in [6.07, 6.45) is 0.788. The maximum absolute atomic E-state index is 12.3. The molecular formula is C14H17NO3. The maximum Gasteiger partial charge on any atom is 0.196 e. The van der Waals surface area contributed by atoms with Crippen molar-refractivity contribution in [3.63, 3.8) is 0 Å². The molecular weight excluding hydrogens is 230 g/mol. The van der Waals surface area contributed by atoms with E-state index in [9.17, 15) is 4.79 Å². The molecule has 96 valence electrons. The zero-order valence-electron chi connectivity index (χ0n) is 11.1. The first-order chi connectivity index (χ1) is 8.62. The lowest BCUT2D eigenvalue weighted by molar-refractivity contribution is 0.397. The van der Waals surface area contributed by atoms with E-state index in [2.05, 4.69) is 4.98 Å². The lowest BCUT2D eigenvalue weighted by atomic mass is 10.1. The number of nitrogens with one attached hydrogen (secondary N) is 1. The number of H-pyrrole nitrogens is 1. The van der Waals surface area contributed by atoms with Gasteiger partial charge in [-0.05, 0) is 13.3 Å². The van der Waals surface area contributed by atoms with Gasteiger partial charge in [0.2, 0.25) is 0 Å². The summed E-state index contributed by atoms with van der Waals surface area (Å²) in [4.78, 5) is 15.6. The Bertz CT molecular complexity index is 644. The molecule has 0 aliphatic carbocycles. The smallest absolute Gasteiger partial charge is 0.196 e. The molecule has 0 radical (unpaired) electrons. The number of aromatic nitrogens is 1. The van der Waals surface area contributed by atoms with E-state index in [-0.39, 0.29) is 5.43 Å². The topological polar surface area (TPSA) is 51.3 Å². The molecule has 4 heteroatoms. The second-order valence-electron chi connectivity index (χ2n) is 4.16. The first kappa shape index (κ1) is 12.5. The summed E-state index contributed by atoms with van der Waals surface area (Å²) < 4.78 is 10.5. The molecule has 1 aromatic heterocycles. The van der Waals surface area contributed by atoms with Crippen LogP contribution in [0, 0.1) is 6.92 Å². The van der Waals surface area contributed by atoms with Gasteiger partial charge in [0.05, 0.1) is 25.1 Å². The van der Waals surface area contributed by atoms with Gasteiger partial charge in [0.1, 0.15) is 11.5 Å². The fraction of sp³-hybridized carbons (Fsp3) is 0.357. The highest BCUT2D eigenvalue weighted by Crippen LogP contribution is 2.28. The normalized spacial score (nSPS) is 10.7. The number of rotatable bonds is 3. The van der Waals surface area contributed by atoms with Crippen molar-refractivity contribution in [3.8, 4) is 11.5 Å². The third-order valence-electron chi connectivity index (χ3n) is 3.19. The van der Waals surface area contributed by atoms with Crippen molar-refractivity contribution in [1.29, 1.82) is 0 Å². The monoisotopic (exact) mass is 247 g/mol. The van der Waals surface area contributed by atoms with E-state index >= 15 is 0 Å². The number of aromatic amines is 1. The molecule has 0 amide bonds. The Labute approximate surface area is 106 Å². The van der Waals surface area contributed by atoms with Gasteiger partial charge < -0.3 is 14.5 Å². The SMILES string of the molecule is CCc1[nH]c2cc(OC)cc(OC)c2c(=O)c1C. The molecule has 0 spiro atoms. The Morgan fingerprint density at radius 2 is 1.94 bits per heavy atom. The third-order valence-corrected chi connectivity index (χ3v) is 3.19. The van der Waals surface area contributed by atoms with Gasteiger partial charge in [-0.2, -0.15) is 0 Å². The van der Waals surface area contributed by atoms with E-state index in [1.165, 1.54) is 0 Å². The van der Waals surface area contributed by atoms with Crippen molar-refractivity contribution in [3.05, 3.63) is 33.6 Å². The maximum atomic E-state index is 12.3. The van der Waals surface area contributed by atoms with Crippen molar-refractivity contribution >= 4 is 10.9 Å². The van der Waals surface area contributed by atoms with Crippen LogP contribution in [0.2, 0.25) is 0 Å². The molecule has 0 bridgehead atoms. The van der Waals surface area contributed by atoms with Crippen molar-refractivity contribution in [2.45, 2.75) is 20.3 Å². The van der Waals surface area contributed by atoms with Crippen molar-refractivity contribution in [2.75, 3.05) is 14.2 Å². The quantitative estimate of drug-likeness (QED) is 0.906. The summed E-state index contributed by atoms with van der Waals surface area (Å²) in [6.45, 7) is 3.85. The van der Waals surface area contributed by atoms with Crippen LogP contribution in [0.5, 0.6) is 11.5 Å². The largest absolute Gasteiger partial charge is 0.497 e. The lowest BCUT2D eigenvalue weighted by Crippen LogP contribution is -2.12. The first-order valence-corrected chi connectivity index (χ1v) is 5.89. The number of aryl methyl sites for hydroxylation is 1. The molecule has 1 aromatic carbocycles. The van der Waals surface area contributed by atoms with Crippen LogP contribution in [0.3, 0.4) is 0 Å². The molecule has 1 heterocycles. The molecule has 0 fully saturated rings. The Morgan fingerprint density at radius 1 is 1.22 bits per heavy atom. The van der Waals surface area contributed by atoms with Crippen LogP contribution < -0.4 is 14.9 Å². The summed E-state index contributed by atoms with van der Waals surface area (Å²) in [6, 6.07) is 3.54. The molecule has 1 N–H and O–H groups in total. The fourth-order valence-corrected chi connectivity index (χ4v) is 2.14. The van der Waals surface area contributed by atoms with Crippen LogP contribution in [0.1, 0.15) is 18.2 Å². The third kappa shape index (κ3) is 1.83. The Morgan fingerprint density at radius 3 is 2.50 bits per heavy atom.